The maximum atomic E-state index is 12.4. The average Bonchev–Trinajstić information content (AvgIpc) is 2.45. The Morgan fingerprint density at radius 2 is 1.81 bits per heavy atom. The monoisotopic (exact) mass is 413 g/mol. The van der Waals surface area contributed by atoms with Crippen molar-refractivity contribution < 1.29 is 4.79 Å². The molecule has 0 aliphatic heterocycles. The van der Waals surface area contributed by atoms with Gasteiger partial charge in [-0.2, -0.15) is 0 Å². The van der Waals surface area contributed by atoms with E-state index >= 15 is 0 Å². The van der Waals surface area contributed by atoms with Gasteiger partial charge in [0.25, 0.3) is 5.91 Å². The van der Waals surface area contributed by atoms with Gasteiger partial charge in [0.05, 0.1) is 6.04 Å². The van der Waals surface area contributed by atoms with Crippen LogP contribution in [0.3, 0.4) is 0 Å². The smallest absolute Gasteiger partial charge is 0.251 e. The van der Waals surface area contributed by atoms with Crippen molar-refractivity contribution in [3.05, 3.63) is 68.3 Å². The van der Waals surface area contributed by atoms with Crippen LogP contribution < -0.4 is 5.32 Å². The van der Waals surface area contributed by atoms with Crippen molar-refractivity contribution in [3.63, 3.8) is 0 Å². The molecule has 0 aliphatic rings. The van der Waals surface area contributed by atoms with Gasteiger partial charge in [0.1, 0.15) is 0 Å². The second-order valence-corrected chi connectivity index (χ2v) is 6.94. The number of nitrogens with one attached hydrogen (secondary N) is 1. The summed E-state index contributed by atoms with van der Waals surface area (Å²) < 4.78 is 1.05. The first kappa shape index (κ1) is 16.3. The molecule has 0 aliphatic carbocycles. The summed E-state index contributed by atoms with van der Waals surface area (Å²) in [6, 6.07) is 15.2. The summed E-state index contributed by atoms with van der Waals surface area (Å²) in [4.78, 5) is 12.4. The highest BCUT2D eigenvalue weighted by molar-refractivity contribution is 14.1. The van der Waals surface area contributed by atoms with Crippen LogP contribution in [-0.2, 0) is 0 Å². The third-order valence-electron chi connectivity index (χ3n) is 3.27. The molecule has 2 aromatic carbocycles. The zero-order chi connectivity index (χ0) is 15.4. The van der Waals surface area contributed by atoms with E-state index in [0.29, 0.717) is 10.6 Å². The summed E-state index contributed by atoms with van der Waals surface area (Å²) in [7, 11) is 0. The standard InChI is InChI=1S/C17H17ClINO/c1-11(2)16(12-6-8-14(18)9-7-12)20-17(21)13-4-3-5-15(19)10-13/h3-11,16H,1-2H3,(H,20,21). The van der Waals surface area contributed by atoms with E-state index in [4.69, 9.17) is 11.6 Å². The highest BCUT2D eigenvalue weighted by Crippen LogP contribution is 2.24. The number of halogens is 2. The van der Waals surface area contributed by atoms with Crippen LogP contribution >= 0.6 is 34.2 Å². The van der Waals surface area contributed by atoms with Gasteiger partial charge in [-0.3, -0.25) is 4.79 Å². The van der Waals surface area contributed by atoms with Crippen LogP contribution in [0.2, 0.25) is 5.02 Å². The van der Waals surface area contributed by atoms with E-state index in [1.54, 1.807) is 0 Å². The summed E-state index contributed by atoms with van der Waals surface area (Å²) >= 11 is 8.13. The minimum Gasteiger partial charge on any atom is -0.345 e. The molecule has 2 aromatic rings. The Morgan fingerprint density at radius 1 is 1.14 bits per heavy atom. The number of carbonyl (C=O) groups is 1. The third kappa shape index (κ3) is 4.45. The molecule has 0 spiro atoms. The second kappa shape index (κ2) is 7.27. The molecular weight excluding hydrogens is 397 g/mol. The number of hydrogen-bond acceptors (Lipinski definition) is 1. The van der Waals surface area contributed by atoms with Gasteiger partial charge in [0.15, 0.2) is 0 Å². The predicted molar refractivity (Wildman–Crippen MR) is 95.7 cm³/mol. The Labute approximate surface area is 144 Å². The van der Waals surface area contributed by atoms with Crippen molar-refractivity contribution in [2.75, 3.05) is 0 Å². The molecule has 0 bridgehead atoms. The third-order valence-corrected chi connectivity index (χ3v) is 4.19. The van der Waals surface area contributed by atoms with Crippen molar-refractivity contribution in [1.29, 1.82) is 0 Å². The first-order valence-corrected chi connectivity index (χ1v) is 8.25. The topological polar surface area (TPSA) is 29.1 Å². The van der Waals surface area contributed by atoms with Crippen LogP contribution in [0.1, 0.15) is 35.8 Å². The molecule has 0 saturated carbocycles. The Morgan fingerprint density at radius 3 is 2.38 bits per heavy atom. The molecular formula is C17H17ClINO. The summed E-state index contributed by atoms with van der Waals surface area (Å²) in [5.74, 6) is 0.236. The van der Waals surface area contributed by atoms with Crippen molar-refractivity contribution in [2.45, 2.75) is 19.9 Å². The minimum absolute atomic E-state index is 0.0346. The van der Waals surface area contributed by atoms with E-state index in [9.17, 15) is 4.79 Å². The van der Waals surface area contributed by atoms with E-state index in [2.05, 4.69) is 41.8 Å². The Kier molecular flexibility index (Phi) is 5.65. The van der Waals surface area contributed by atoms with Gasteiger partial charge >= 0.3 is 0 Å². The molecule has 1 atom stereocenters. The molecule has 1 N–H and O–H groups in total. The second-order valence-electron chi connectivity index (χ2n) is 5.26. The molecule has 0 aromatic heterocycles. The summed E-state index contributed by atoms with van der Waals surface area (Å²) in [6.45, 7) is 4.18. The molecule has 110 valence electrons. The fourth-order valence-corrected chi connectivity index (χ4v) is 2.83. The maximum absolute atomic E-state index is 12.4. The lowest BCUT2D eigenvalue weighted by Crippen LogP contribution is -2.31. The van der Waals surface area contributed by atoms with Crippen LogP contribution in [0.25, 0.3) is 0 Å². The minimum atomic E-state index is -0.0535. The van der Waals surface area contributed by atoms with Gasteiger partial charge in [-0.1, -0.05) is 43.6 Å². The zero-order valence-electron chi connectivity index (χ0n) is 11.9. The summed E-state index contributed by atoms with van der Waals surface area (Å²) in [6.07, 6.45) is 0. The van der Waals surface area contributed by atoms with Crippen molar-refractivity contribution in [2.24, 2.45) is 5.92 Å². The normalized spacial score (nSPS) is 12.2. The first-order chi connectivity index (χ1) is 9.97. The van der Waals surface area contributed by atoms with E-state index < -0.39 is 0 Å². The molecule has 0 heterocycles. The number of rotatable bonds is 4. The lowest BCUT2D eigenvalue weighted by Gasteiger charge is -2.23. The van der Waals surface area contributed by atoms with E-state index in [-0.39, 0.29) is 17.9 Å². The van der Waals surface area contributed by atoms with Gasteiger partial charge in [-0.15, -0.1) is 0 Å². The van der Waals surface area contributed by atoms with Gasteiger partial charge in [-0.25, -0.2) is 0 Å². The summed E-state index contributed by atoms with van der Waals surface area (Å²) in [5.41, 5.74) is 1.75. The number of hydrogen-bond donors (Lipinski definition) is 1. The molecule has 1 unspecified atom stereocenters. The van der Waals surface area contributed by atoms with Gasteiger partial charge in [0, 0.05) is 14.2 Å². The largest absolute Gasteiger partial charge is 0.345 e. The number of carbonyl (C=O) groups excluding carboxylic acids is 1. The van der Waals surface area contributed by atoms with Crippen molar-refractivity contribution in [3.8, 4) is 0 Å². The Bertz CT molecular complexity index is 625. The molecule has 4 heteroatoms. The van der Waals surface area contributed by atoms with Crippen LogP contribution in [0.4, 0.5) is 0 Å². The van der Waals surface area contributed by atoms with E-state index in [0.717, 1.165) is 9.13 Å². The fourth-order valence-electron chi connectivity index (χ4n) is 2.16. The van der Waals surface area contributed by atoms with Crippen LogP contribution in [0, 0.1) is 9.49 Å². The van der Waals surface area contributed by atoms with Crippen LogP contribution in [0.15, 0.2) is 48.5 Å². The van der Waals surface area contributed by atoms with E-state index in [1.807, 2.05) is 48.5 Å². The maximum Gasteiger partial charge on any atom is 0.251 e. The lowest BCUT2D eigenvalue weighted by atomic mass is 9.95. The van der Waals surface area contributed by atoms with Gasteiger partial charge in [-0.05, 0) is 64.4 Å². The van der Waals surface area contributed by atoms with Crippen molar-refractivity contribution in [1.82, 2.24) is 5.32 Å². The fraction of sp³-hybridized carbons (Fsp3) is 0.235. The molecule has 2 nitrogen and oxygen atoms in total. The quantitative estimate of drug-likeness (QED) is 0.697. The molecule has 21 heavy (non-hydrogen) atoms. The van der Waals surface area contributed by atoms with Crippen LogP contribution in [-0.4, -0.2) is 5.91 Å². The molecule has 0 saturated heterocycles. The first-order valence-electron chi connectivity index (χ1n) is 6.79. The average molecular weight is 414 g/mol. The van der Waals surface area contributed by atoms with Crippen molar-refractivity contribution >= 4 is 40.1 Å². The number of benzene rings is 2. The highest BCUT2D eigenvalue weighted by atomic mass is 127. The zero-order valence-corrected chi connectivity index (χ0v) is 14.9. The molecule has 0 radical (unpaired) electrons. The number of amides is 1. The van der Waals surface area contributed by atoms with Gasteiger partial charge in [0.2, 0.25) is 0 Å². The van der Waals surface area contributed by atoms with Gasteiger partial charge < -0.3 is 5.32 Å². The SMILES string of the molecule is CC(C)C(NC(=O)c1cccc(I)c1)c1ccc(Cl)cc1. The highest BCUT2D eigenvalue weighted by Gasteiger charge is 2.19. The Balaban J connectivity index is 2.20. The molecule has 1 amide bonds. The molecule has 2 rings (SSSR count). The van der Waals surface area contributed by atoms with Crippen LogP contribution in [0.5, 0.6) is 0 Å². The summed E-state index contributed by atoms with van der Waals surface area (Å²) in [5, 5.41) is 3.81. The Hall–Kier alpha value is -1.07. The molecule has 0 fully saturated rings. The lowest BCUT2D eigenvalue weighted by molar-refractivity contribution is 0.0925. The van der Waals surface area contributed by atoms with E-state index in [1.165, 1.54) is 0 Å². The predicted octanol–water partition coefficient (Wildman–Crippen LogP) is 5.07.